The third-order valence-corrected chi connectivity index (χ3v) is 4.90. The minimum atomic E-state index is -0.902. The maximum Gasteiger partial charge on any atom is 0.336 e. The molecule has 0 aliphatic heterocycles. The fraction of sp³-hybridized carbons (Fsp3) is 0.167. The van der Waals surface area contributed by atoms with Crippen molar-refractivity contribution in [1.29, 1.82) is 0 Å². The van der Waals surface area contributed by atoms with Crippen molar-refractivity contribution in [2.24, 2.45) is 0 Å². The van der Waals surface area contributed by atoms with Gasteiger partial charge in [-0.15, -0.1) is 23.1 Å². The number of benzene rings is 1. The third kappa shape index (κ3) is 3.34. The van der Waals surface area contributed by atoms with Crippen LogP contribution in [0.3, 0.4) is 0 Å². The lowest BCUT2D eigenvalue weighted by atomic mass is 10.2. The highest BCUT2D eigenvalue weighted by Crippen LogP contribution is 2.30. The van der Waals surface area contributed by atoms with Crippen LogP contribution in [-0.4, -0.2) is 16.1 Å². The Labute approximate surface area is 121 Å². The molecule has 0 bridgehead atoms. The van der Waals surface area contributed by atoms with Crippen LogP contribution in [0.5, 0.6) is 0 Å². The molecule has 0 unspecified atom stereocenters. The van der Waals surface area contributed by atoms with Gasteiger partial charge >= 0.3 is 5.97 Å². The number of aryl methyl sites for hydroxylation is 1. The van der Waals surface area contributed by atoms with E-state index in [1.165, 1.54) is 11.8 Å². The van der Waals surface area contributed by atoms with Gasteiger partial charge in [-0.05, 0) is 25.1 Å². The summed E-state index contributed by atoms with van der Waals surface area (Å²) in [6, 6.07) is 5.18. The van der Waals surface area contributed by atoms with Crippen molar-refractivity contribution < 1.29 is 9.90 Å². The molecule has 1 heterocycles. The molecule has 0 amide bonds. The smallest absolute Gasteiger partial charge is 0.336 e. The quantitative estimate of drug-likeness (QED) is 0.845. The van der Waals surface area contributed by atoms with Crippen molar-refractivity contribution in [2.45, 2.75) is 17.6 Å². The van der Waals surface area contributed by atoms with Crippen molar-refractivity contribution in [3.8, 4) is 0 Å². The topological polar surface area (TPSA) is 50.2 Å². The highest BCUT2D eigenvalue weighted by atomic mass is 79.9. The molecular formula is C12H10BrNO2S2. The van der Waals surface area contributed by atoms with E-state index in [1.807, 2.05) is 18.4 Å². The first-order valence-corrected chi connectivity index (χ1v) is 7.79. The standard InChI is InChI=1S/C12H10BrNO2S2/c1-7-5-18-11(14-7)6-17-10-4-8(13)2-3-9(10)12(15)16/h2-5H,6H2,1H3,(H,15,16). The zero-order chi connectivity index (χ0) is 13.1. The van der Waals surface area contributed by atoms with Gasteiger partial charge in [-0.3, -0.25) is 0 Å². The predicted octanol–water partition coefficient (Wildman–Crippen LogP) is 4.20. The van der Waals surface area contributed by atoms with Crippen LogP contribution in [0.2, 0.25) is 0 Å². The Morgan fingerprint density at radius 3 is 2.94 bits per heavy atom. The van der Waals surface area contributed by atoms with Gasteiger partial charge in [-0.2, -0.15) is 0 Å². The molecule has 0 saturated carbocycles. The molecule has 0 saturated heterocycles. The highest BCUT2D eigenvalue weighted by molar-refractivity contribution is 9.10. The summed E-state index contributed by atoms with van der Waals surface area (Å²) in [5, 5.41) is 12.1. The summed E-state index contributed by atoms with van der Waals surface area (Å²) in [5.41, 5.74) is 1.33. The van der Waals surface area contributed by atoms with E-state index in [4.69, 9.17) is 5.11 Å². The minimum absolute atomic E-state index is 0.330. The lowest BCUT2D eigenvalue weighted by molar-refractivity contribution is 0.0693. The number of carbonyl (C=O) groups is 1. The van der Waals surface area contributed by atoms with Crippen molar-refractivity contribution in [3.05, 3.63) is 44.3 Å². The molecule has 1 aromatic heterocycles. The number of thioether (sulfide) groups is 1. The molecule has 2 rings (SSSR count). The van der Waals surface area contributed by atoms with E-state index in [2.05, 4.69) is 20.9 Å². The number of nitrogens with zero attached hydrogens (tertiary/aromatic N) is 1. The van der Waals surface area contributed by atoms with E-state index in [9.17, 15) is 4.79 Å². The van der Waals surface area contributed by atoms with Crippen LogP contribution < -0.4 is 0 Å². The molecule has 3 nitrogen and oxygen atoms in total. The maximum atomic E-state index is 11.1. The summed E-state index contributed by atoms with van der Waals surface area (Å²) in [4.78, 5) is 16.2. The molecule has 0 spiro atoms. The number of halogens is 1. The molecule has 0 radical (unpaired) electrons. The summed E-state index contributed by atoms with van der Waals surface area (Å²) >= 11 is 6.45. The van der Waals surface area contributed by atoms with Gasteiger partial charge in [0.05, 0.1) is 11.3 Å². The van der Waals surface area contributed by atoms with Gasteiger partial charge < -0.3 is 5.11 Å². The first-order chi connectivity index (χ1) is 8.56. The summed E-state index contributed by atoms with van der Waals surface area (Å²) in [6.45, 7) is 1.95. The summed E-state index contributed by atoms with van der Waals surface area (Å²) < 4.78 is 0.880. The maximum absolute atomic E-state index is 11.1. The van der Waals surface area contributed by atoms with Gasteiger partial charge in [0.25, 0.3) is 0 Å². The monoisotopic (exact) mass is 343 g/mol. The van der Waals surface area contributed by atoms with Crippen molar-refractivity contribution >= 4 is 45.0 Å². The molecule has 1 aromatic carbocycles. The Hall–Kier alpha value is -0.850. The molecule has 0 aliphatic carbocycles. The van der Waals surface area contributed by atoms with Gasteiger partial charge in [0.1, 0.15) is 5.01 Å². The van der Waals surface area contributed by atoms with E-state index in [-0.39, 0.29) is 0 Å². The number of thiazole rings is 1. The van der Waals surface area contributed by atoms with Crippen LogP contribution in [0.1, 0.15) is 21.1 Å². The van der Waals surface area contributed by atoms with E-state index in [0.717, 1.165) is 20.1 Å². The summed E-state index contributed by atoms with van der Waals surface area (Å²) in [5.74, 6) is -0.213. The average Bonchev–Trinajstić information content (AvgIpc) is 2.72. The second kappa shape index (κ2) is 5.86. The van der Waals surface area contributed by atoms with Crippen LogP contribution in [-0.2, 0) is 5.75 Å². The number of aromatic nitrogens is 1. The first-order valence-electron chi connectivity index (χ1n) is 5.13. The Morgan fingerprint density at radius 1 is 1.56 bits per heavy atom. The molecule has 94 valence electrons. The van der Waals surface area contributed by atoms with Crippen molar-refractivity contribution in [1.82, 2.24) is 4.98 Å². The SMILES string of the molecule is Cc1csc(CSc2cc(Br)ccc2C(=O)O)n1. The second-order valence-electron chi connectivity index (χ2n) is 3.62. The molecule has 6 heteroatoms. The number of carboxylic acids is 1. The third-order valence-electron chi connectivity index (χ3n) is 2.19. The molecule has 0 fully saturated rings. The molecule has 1 N–H and O–H groups in total. The van der Waals surface area contributed by atoms with Crippen LogP contribution in [0.4, 0.5) is 0 Å². The van der Waals surface area contributed by atoms with Crippen LogP contribution >= 0.6 is 39.0 Å². The zero-order valence-electron chi connectivity index (χ0n) is 9.51. The zero-order valence-corrected chi connectivity index (χ0v) is 12.7. The Balaban J connectivity index is 2.17. The number of aromatic carboxylic acids is 1. The highest BCUT2D eigenvalue weighted by Gasteiger charge is 2.11. The van der Waals surface area contributed by atoms with E-state index in [1.54, 1.807) is 23.5 Å². The van der Waals surface area contributed by atoms with Gasteiger partial charge in [-0.1, -0.05) is 15.9 Å². The number of rotatable bonds is 4. The number of hydrogen-bond acceptors (Lipinski definition) is 4. The second-order valence-corrected chi connectivity index (χ2v) is 6.49. The van der Waals surface area contributed by atoms with Crippen LogP contribution in [0.25, 0.3) is 0 Å². The van der Waals surface area contributed by atoms with Crippen LogP contribution in [0.15, 0.2) is 32.9 Å². The predicted molar refractivity (Wildman–Crippen MR) is 77.5 cm³/mol. The largest absolute Gasteiger partial charge is 0.478 e. The molecular weight excluding hydrogens is 334 g/mol. The van der Waals surface area contributed by atoms with E-state index < -0.39 is 5.97 Å². The van der Waals surface area contributed by atoms with E-state index in [0.29, 0.717) is 11.3 Å². The van der Waals surface area contributed by atoms with Crippen molar-refractivity contribution in [2.75, 3.05) is 0 Å². The summed E-state index contributed by atoms with van der Waals surface area (Å²) in [6.07, 6.45) is 0. The average molecular weight is 344 g/mol. The fourth-order valence-corrected chi connectivity index (χ4v) is 3.78. The van der Waals surface area contributed by atoms with Crippen molar-refractivity contribution in [3.63, 3.8) is 0 Å². The Kier molecular flexibility index (Phi) is 4.42. The number of carboxylic acid groups (broad SMARTS) is 1. The molecule has 2 aromatic rings. The number of hydrogen-bond donors (Lipinski definition) is 1. The van der Waals surface area contributed by atoms with Gasteiger partial charge in [-0.25, -0.2) is 9.78 Å². The Bertz CT molecular complexity index is 583. The van der Waals surface area contributed by atoms with Gasteiger partial charge in [0, 0.05) is 20.4 Å². The molecule has 18 heavy (non-hydrogen) atoms. The molecule has 0 aliphatic rings. The first kappa shape index (κ1) is 13.6. The minimum Gasteiger partial charge on any atom is -0.478 e. The molecule has 0 atom stereocenters. The van der Waals surface area contributed by atoms with Gasteiger partial charge in [0.2, 0.25) is 0 Å². The van der Waals surface area contributed by atoms with E-state index >= 15 is 0 Å². The van der Waals surface area contributed by atoms with Gasteiger partial charge in [0.15, 0.2) is 0 Å². The summed E-state index contributed by atoms with van der Waals surface area (Å²) in [7, 11) is 0. The fourth-order valence-electron chi connectivity index (χ4n) is 1.40. The lowest BCUT2D eigenvalue weighted by Crippen LogP contribution is -1.98. The lowest BCUT2D eigenvalue weighted by Gasteiger charge is -2.05. The normalized spacial score (nSPS) is 10.6. The van der Waals surface area contributed by atoms with Crippen LogP contribution in [0, 0.1) is 6.92 Å². The Morgan fingerprint density at radius 2 is 2.33 bits per heavy atom.